The number of amides is 2. The molecule has 2 aromatic carbocycles. The van der Waals surface area contributed by atoms with E-state index in [1.807, 2.05) is 12.1 Å². The number of nitrogens with two attached hydrogens (primary N) is 1. The van der Waals surface area contributed by atoms with Gasteiger partial charge >= 0.3 is 5.69 Å². The zero-order valence-electron chi connectivity index (χ0n) is 17.5. The topological polar surface area (TPSA) is 130 Å². The molecule has 1 fully saturated rings. The number of fused-ring (bicyclic) bond motifs is 1. The summed E-state index contributed by atoms with van der Waals surface area (Å²) in [6, 6.07) is 14.0. The summed E-state index contributed by atoms with van der Waals surface area (Å²) in [5, 5.41) is 3.07. The highest BCUT2D eigenvalue weighted by molar-refractivity contribution is 5.90. The van der Waals surface area contributed by atoms with Gasteiger partial charge in [-0.15, -0.1) is 0 Å². The number of piperidine rings is 1. The van der Waals surface area contributed by atoms with Gasteiger partial charge in [-0.2, -0.15) is 0 Å². The predicted molar refractivity (Wildman–Crippen MR) is 121 cm³/mol. The van der Waals surface area contributed by atoms with E-state index in [1.54, 1.807) is 36.4 Å². The second-order valence-electron chi connectivity index (χ2n) is 8.09. The Kier molecular flexibility index (Phi) is 6.18. The van der Waals surface area contributed by atoms with Crippen LogP contribution in [-0.2, 0) is 22.7 Å². The fourth-order valence-corrected chi connectivity index (χ4v) is 4.07. The standard InChI is InChI=1S/C23H25N5O4/c24-21(30)16-4-3-11-27(13-16)12-15-7-9-17(10-8-15)25-20(29)14-28-22(31)18-5-1-2-6-19(18)26-23(28)32/h1-2,5-10,16H,3-4,11-14H2,(H2,24,30)(H,25,29)(H,26,32). The van der Waals surface area contributed by atoms with Gasteiger partial charge in [0.25, 0.3) is 5.56 Å². The minimum Gasteiger partial charge on any atom is -0.369 e. The van der Waals surface area contributed by atoms with Crippen LogP contribution in [0.25, 0.3) is 10.9 Å². The van der Waals surface area contributed by atoms with E-state index in [1.165, 1.54) is 0 Å². The summed E-state index contributed by atoms with van der Waals surface area (Å²) in [5.74, 6) is -0.831. The molecule has 2 amide bonds. The number of likely N-dealkylation sites (tertiary alicyclic amines) is 1. The van der Waals surface area contributed by atoms with E-state index in [4.69, 9.17) is 5.73 Å². The van der Waals surface area contributed by atoms with Crippen LogP contribution in [0.15, 0.2) is 58.1 Å². The highest BCUT2D eigenvalue weighted by Crippen LogP contribution is 2.19. The molecule has 166 valence electrons. The Labute approximate surface area is 183 Å². The van der Waals surface area contributed by atoms with Gasteiger partial charge in [0.1, 0.15) is 6.54 Å². The number of nitrogens with one attached hydrogen (secondary N) is 2. The third-order valence-electron chi connectivity index (χ3n) is 5.74. The van der Waals surface area contributed by atoms with Crippen molar-refractivity contribution in [2.75, 3.05) is 18.4 Å². The Hall–Kier alpha value is -3.72. The SMILES string of the molecule is NC(=O)C1CCCN(Cc2ccc(NC(=O)Cn3c(=O)[nH]c4ccccc4c3=O)cc2)C1. The van der Waals surface area contributed by atoms with Crippen molar-refractivity contribution >= 4 is 28.4 Å². The molecule has 1 aliphatic rings. The number of benzene rings is 2. The van der Waals surface area contributed by atoms with Crippen molar-refractivity contribution in [1.29, 1.82) is 0 Å². The molecular weight excluding hydrogens is 410 g/mol. The molecule has 1 unspecified atom stereocenters. The maximum absolute atomic E-state index is 12.6. The number of carbonyl (C=O) groups is 2. The lowest BCUT2D eigenvalue weighted by Gasteiger charge is -2.31. The Bertz CT molecular complexity index is 1260. The van der Waals surface area contributed by atoms with Crippen LogP contribution in [0, 0.1) is 5.92 Å². The normalized spacial score (nSPS) is 16.7. The largest absolute Gasteiger partial charge is 0.369 e. The van der Waals surface area contributed by atoms with Gasteiger partial charge in [0.2, 0.25) is 11.8 Å². The van der Waals surface area contributed by atoms with Crippen molar-refractivity contribution in [3.05, 3.63) is 74.9 Å². The summed E-state index contributed by atoms with van der Waals surface area (Å²) in [4.78, 5) is 53.5. The highest BCUT2D eigenvalue weighted by Gasteiger charge is 2.23. The fourth-order valence-electron chi connectivity index (χ4n) is 4.07. The molecule has 0 radical (unpaired) electrons. The molecule has 4 rings (SSSR count). The first-order valence-corrected chi connectivity index (χ1v) is 10.5. The average molecular weight is 435 g/mol. The molecule has 1 saturated heterocycles. The molecule has 4 N–H and O–H groups in total. The maximum Gasteiger partial charge on any atom is 0.329 e. The number of aromatic amines is 1. The van der Waals surface area contributed by atoms with E-state index in [0.29, 0.717) is 29.7 Å². The van der Waals surface area contributed by atoms with Crippen LogP contribution in [0.3, 0.4) is 0 Å². The number of aromatic nitrogens is 2. The van der Waals surface area contributed by atoms with Crippen LogP contribution in [0.5, 0.6) is 0 Å². The molecule has 2 heterocycles. The molecule has 1 aliphatic heterocycles. The smallest absolute Gasteiger partial charge is 0.329 e. The second-order valence-corrected chi connectivity index (χ2v) is 8.09. The number of H-pyrrole nitrogens is 1. The van der Waals surface area contributed by atoms with Gasteiger partial charge in [-0.1, -0.05) is 24.3 Å². The molecule has 9 heteroatoms. The Morgan fingerprint density at radius 1 is 1.09 bits per heavy atom. The van der Waals surface area contributed by atoms with Crippen molar-refractivity contribution in [1.82, 2.24) is 14.5 Å². The number of para-hydroxylation sites is 1. The monoisotopic (exact) mass is 435 g/mol. The zero-order chi connectivity index (χ0) is 22.7. The Morgan fingerprint density at radius 2 is 1.84 bits per heavy atom. The molecule has 1 atom stereocenters. The van der Waals surface area contributed by atoms with Gasteiger partial charge in [-0.25, -0.2) is 4.79 Å². The van der Waals surface area contributed by atoms with Crippen molar-refractivity contribution < 1.29 is 9.59 Å². The van der Waals surface area contributed by atoms with Gasteiger partial charge in [0.05, 0.1) is 16.8 Å². The lowest BCUT2D eigenvalue weighted by Crippen LogP contribution is -2.40. The van der Waals surface area contributed by atoms with E-state index in [9.17, 15) is 19.2 Å². The maximum atomic E-state index is 12.6. The molecular formula is C23H25N5O4. The third kappa shape index (κ3) is 4.78. The number of anilines is 1. The third-order valence-corrected chi connectivity index (χ3v) is 5.74. The molecule has 0 aliphatic carbocycles. The van der Waals surface area contributed by atoms with Gasteiger partial charge in [0.15, 0.2) is 0 Å². The highest BCUT2D eigenvalue weighted by atomic mass is 16.2. The minimum absolute atomic E-state index is 0.107. The summed E-state index contributed by atoms with van der Waals surface area (Å²) in [5.41, 5.74) is 6.36. The lowest BCUT2D eigenvalue weighted by molar-refractivity contribution is -0.123. The predicted octanol–water partition coefficient (Wildman–Crippen LogP) is 1.03. The number of hydrogen-bond acceptors (Lipinski definition) is 5. The fraction of sp³-hybridized carbons (Fsp3) is 0.304. The van der Waals surface area contributed by atoms with Crippen LogP contribution in [0.4, 0.5) is 5.69 Å². The van der Waals surface area contributed by atoms with Crippen molar-refractivity contribution in [3.8, 4) is 0 Å². The van der Waals surface area contributed by atoms with Crippen LogP contribution >= 0.6 is 0 Å². The first kappa shape index (κ1) is 21.5. The Morgan fingerprint density at radius 3 is 2.59 bits per heavy atom. The van der Waals surface area contributed by atoms with Crippen LogP contribution in [0.2, 0.25) is 0 Å². The molecule has 0 saturated carbocycles. The average Bonchev–Trinajstić information content (AvgIpc) is 2.78. The first-order chi connectivity index (χ1) is 15.4. The van der Waals surface area contributed by atoms with E-state index in [2.05, 4.69) is 15.2 Å². The molecule has 3 aromatic rings. The quantitative estimate of drug-likeness (QED) is 0.532. The summed E-state index contributed by atoms with van der Waals surface area (Å²) >= 11 is 0. The summed E-state index contributed by atoms with van der Waals surface area (Å²) < 4.78 is 0.886. The molecule has 32 heavy (non-hydrogen) atoms. The van der Waals surface area contributed by atoms with E-state index >= 15 is 0 Å². The van der Waals surface area contributed by atoms with Crippen molar-refractivity contribution in [2.45, 2.75) is 25.9 Å². The molecule has 9 nitrogen and oxygen atoms in total. The second kappa shape index (κ2) is 9.19. The molecule has 1 aromatic heterocycles. The molecule has 0 bridgehead atoms. The lowest BCUT2D eigenvalue weighted by atomic mass is 9.97. The van der Waals surface area contributed by atoms with Gasteiger partial charge in [-0.3, -0.25) is 23.9 Å². The van der Waals surface area contributed by atoms with Gasteiger partial charge < -0.3 is 16.0 Å². The molecule has 0 spiro atoms. The van der Waals surface area contributed by atoms with Crippen molar-refractivity contribution in [3.63, 3.8) is 0 Å². The van der Waals surface area contributed by atoms with Gasteiger partial charge in [-0.05, 0) is 49.2 Å². The number of carbonyl (C=O) groups excluding carboxylic acids is 2. The van der Waals surface area contributed by atoms with Gasteiger partial charge in [0, 0.05) is 18.8 Å². The van der Waals surface area contributed by atoms with E-state index in [-0.39, 0.29) is 18.4 Å². The summed E-state index contributed by atoms with van der Waals surface area (Å²) in [6.45, 7) is 1.88. The van der Waals surface area contributed by atoms with Crippen LogP contribution in [0.1, 0.15) is 18.4 Å². The zero-order valence-corrected chi connectivity index (χ0v) is 17.5. The first-order valence-electron chi connectivity index (χ1n) is 10.5. The van der Waals surface area contributed by atoms with Crippen LogP contribution in [-0.4, -0.2) is 39.4 Å². The Balaban J connectivity index is 1.39. The number of primary amides is 1. The number of rotatable bonds is 6. The summed E-state index contributed by atoms with van der Waals surface area (Å²) in [6.07, 6.45) is 1.77. The van der Waals surface area contributed by atoms with E-state index in [0.717, 1.165) is 29.5 Å². The number of hydrogen-bond donors (Lipinski definition) is 3. The van der Waals surface area contributed by atoms with E-state index < -0.39 is 17.2 Å². The van der Waals surface area contributed by atoms with Crippen LogP contribution < -0.4 is 22.3 Å². The summed E-state index contributed by atoms with van der Waals surface area (Å²) in [7, 11) is 0. The minimum atomic E-state index is -0.630. The van der Waals surface area contributed by atoms with Crippen molar-refractivity contribution in [2.24, 2.45) is 11.7 Å². The number of nitrogens with zero attached hydrogens (tertiary/aromatic N) is 2.